The molecule has 0 aromatic heterocycles. The van der Waals surface area contributed by atoms with Crippen LogP contribution in [0, 0.1) is 5.92 Å². The van der Waals surface area contributed by atoms with E-state index in [0.717, 1.165) is 6.42 Å². The molecule has 0 rings (SSSR count). The molecule has 0 fully saturated rings. The number of hydrogen-bond acceptors (Lipinski definition) is 3. The first-order chi connectivity index (χ1) is 5.40. The Morgan fingerprint density at radius 1 is 1.25 bits per heavy atom. The van der Waals surface area contributed by atoms with Crippen molar-refractivity contribution in [2.75, 3.05) is 7.11 Å². The Morgan fingerprint density at radius 2 is 1.58 bits per heavy atom. The summed E-state index contributed by atoms with van der Waals surface area (Å²) in [4.78, 5) is 19.8. The molecule has 0 saturated carbocycles. The van der Waals surface area contributed by atoms with Crippen molar-refractivity contribution in [3.63, 3.8) is 0 Å². The molecule has 3 heteroatoms. The molecule has 0 spiro atoms. The topological polar surface area (TPSA) is 43.4 Å². The van der Waals surface area contributed by atoms with Crippen LogP contribution >= 0.6 is 0 Å². The van der Waals surface area contributed by atoms with E-state index in [4.69, 9.17) is 0 Å². The van der Waals surface area contributed by atoms with E-state index in [-0.39, 0.29) is 11.8 Å². The molecule has 0 saturated heterocycles. The molecular formula is C9H18O3. The third kappa shape index (κ3) is 22.9. The summed E-state index contributed by atoms with van der Waals surface area (Å²) in [7, 11) is 1.35. The van der Waals surface area contributed by atoms with Crippen LogP contribution in [-0.4, -0.2) is 18.9 Å². The highest BCUT2D eigenvalue weighted by molar-refractivity contribution is 5.75. The molecule has 0 radical (unpaired) electrons. The molecule has 12 heavy (non-hydrogen) atoms. The van der Waals surface area contributed by atoms with E-state index in [1.165, 1.54) is 14.0 Å². The van der Waals surface area contributed by atoms with Gasteiger partial charge in [-0.3, -0.25) is 4.79 Å². The number of ether oxygens (including phenoxy) is 1. The van der Waals surface area contributed by atoms with E-state index < -0.39 is 0 Å². The second-order valence-electron chi connectivity index (χ2n) is 3.00. The maximum Gasteiger partial charge on any atom is 0.302 e. The summed E-state index contributed by atoms with van der Waals surface area (Å²) in [6, 6.07) is 0. The van der Waals surface area contributed by atoms with Crippen LogP contribution < -0.4 is 0 Å². The Morgan fingerprint density at radius 3 is 1.58 bits per heavy atom. The van der Waals surface area contributed by atoms with Gasteiger partial charge in [-0.2, -0.15) is 0 Å². The number of rotatable bonds is 2. The monoisotopic (exact) mass is 174 g/mol. The molecule has 0 aliphatic rings. The number of methoxy groups -OCH3 is 1. The van der Waals surface area contributed by atoms with Crippen molar-refractivity contribution in [3.05, 3.63) is 0 Å². The normalized spacial score (nSPS) is 8.50. The highest BCUT2D eigenvalue weighted by atomic mass is 16.5. The average Bonchev–Trinajstić information content (AvgIpc) is 1.85. The molecular weight excluding hydrogens is 156 g/mol. The molecule has 0 unspecified atom stereocenters. The van der Waals surface area contributed by atoms with Gasteiger partial charge in [0.25, 0.3) is 0 Å². The second-order valence-corrected chi connectivity index (χ2v) is 3.00. The number of carbonyl (C=O) groups is 2. The van der Waals surface area contributed by atoms with Gasteiger partial charge in [0.15, 0.2) is 0 Å². The van der Waals surface area contributed by atoms with E-state index in [1.807, 2.05) is 13.8 Å². The molecule has 0 N–H and O–H groups in total. The largest absolute Gasteiger partial charge is 0.469 e. The lowest BCUT2D eigenvalue weighted by Crippen LogP contribution is -1.95. The summed E-state index contributed by atoms with van der Waals surface area (Å²) in [6.45, 7) is 7.07. The molecule has 0 bridgehead atoms. The predicted molar refractivity (Wildman–Crippen MR) is 47.8 cm³/mol. The third-order valence-electron chi connectivity index (χ3n) is 0.983. The standard InChI is InChI=1S/C6H12O.C3H6O2/c1-5(2)4-6(3)7;1-3(4)5-2/h5H,4H2,1-3H3;1-2H3. The zero-order chi connectivity index (χ0) is 10.1. The SMILES string of the molecule is CC(=O)CC(C)C.COC(C)=O. The fraction of sp³-hybridized carbons (Fsp3) is 0.778. The number of esters is 1. The first-order valence-corrected chi connectivity index (χ1v) is 3.94. The first kappa shape index (κ1) is 13.7. The van der Waals surface area contributed by atoms with Gasteiger partial charge in [0.05, 0.1) is 7.11 Å². The zero-order valence-corrected chi connectivity index (χ0v) is 8.51. The quantitative estimate of drug-likeness (QED) is 0.599. The Hall–Kier alpha value is -0.860. The molecule has 72 valence electrons. The highest BCUT2D eigenvalue weighted by Gasteiger charge is 1.95. The van der Waals surface area contributed by atoms with Crippen molar-refractivity contribution < 1.29 is 14.3 Å². The smallest absolute Gasteiger partial charge is 0.302 e. The van der Waals surface area contributed by atoms with Gasteiger partial charge in [-0.25, -0.2) is 0 Å². The Balaban J connectivity index is 0. The Bertz CT molecular complexity index is 139. The van der Waals surface area contributed by atoms with Crippen molar-refractivity contribution >= 4 is 11.8 Å². The first-order valence-electron chi connectivity index (χ1n) is 3.94. The van der Waals surface area contributed by atoms with E-state index in [1.54, 1.807) is 6.92 Å². The van der Waals surface area contributed by atoms with Crippen LogP contribution in [0.5, 0.6) is 0 Å². The van der Waals surface area contributed by atoms with Gasteiger partial charge in [0, 0.05) is 13.3 Å². The number of hydrogen-bond donors (Lipinski definition) is 0. The minimum Gasteiger partial charge on any atom is -0.469 e. The van der Waals surface area contributed by atoms with Crippen LogP contribution in [0.2, 0.25) is 0 Å². The van der Waals surface area contributed by atoms with E-state index in [0.29, 0.717) is 5.92 Å². The van der Waals surface area contributed by atoms with Gasteiger partial charge in [0.2, 0.25) is 0 Å². The minimum atomic E-state index is -0.245. The Labute approximate surface area is 74.1 Å². The Kier molecular flexibility index (Phi) is 9.41. The van der Waals surface area contributed by atoms with Crippen LogP contribution in [0.25, 0.3) is 0 Å². The number of ketones is 1. The van der Waals surface area contributed by atoms with Gasteiger partial charge in [-0.1, -0.05) is 13.8 Å². The molecule has 0 amide bonds. The van der Waals surface area contributed by atoms with Gasteiger partial charge in [0.1, 0.15) is 5.78 Å². The van der Waals surface area contributed by atoms with Gasteiger partial charge >= 0.3 is 5.97 Å². The van der Waals surface area contributed by atoms with Crippen molar-refractivity contribution in [1.82, 2.24) is 0 Å². The van der Waals surface area contributed by atoms with Crippen molar-refractivity contribution in [2.45, 2.75) is 34.1 Å². The lowest BCUT2D eigenvalue weighted by Gasteiger charge is -1.95. The summed E-state index contributed by atoms with van der Waals surface area (Å²) in [5, 5.41) is 0. The maximum atomic E-state index is 10.3. The molecule has 0 atom stereocenters. The molecule has 0 aliphatic heterocycles. The molecule has 0 aliphatic carbocycles. The average molecular weight is 174 g/mol. The van der Waals surface area contributed by atoms with Crippen molar-refractivity contribution in [2.24, 2.45) is 5.92 Å². The van der Waals surface area contributed by atoms with Crippen LogP contribution in [0.3, 0.4) is 0 Å². The van der Waals surface area contributed by atoms with Crippen LogP contribution in [0.1, 0.15) is 34.1 Å². The lowest BCUT2D eigenvalue weighted by molar-refractivity contribution is -0.137. The molecule has 3 nitrogen and oxygen atoms in total. The molecule has 0 aromatic rings. The van der Waals surface area contributed by atoms with Gasteiger partial charge < -0.3 is 9.53 Å². The number of Topliss-reactive ketones (excluding diaryl/α,β-unsaturated/α-hetero) is 1. The summed E-state index contributed by atoms with van der Waals surface area (Å²) in [6.07, 6.45) is 0.722. The fourth-order valence-corrected chi connectivity index (χ4v) is 0.575. The summed E-state index contributed by atoms with van der Waals surface area (Å²) in [5.74, 6) is 0.567. The highest BCUT2D eigenvalue weighted by Crippen LogP contribution is 1.97. The lowest BCUT2D eigenvalue weighted by atomic mass is 10.1. The fourth-order valence-electron chi connectivity index (χ4n) is 0.575. The zero-order valence-electron chi connectivity index (χ0n) is 8.51. The van der Waals surface area contributed by atoms with Gasteiger partial charge in [-0.15, -0.1) is 0 Å². The van der Waals surface area contributed by atoms with Gasteiger partial charge in [-0.05, 0) is 12.8 Å². The molecule has 0 heterocycles. The summed E-state index contributed by atoms with van der Waals surface area (Å²) < 4.78 is 4.11. The van der Waals surface area contributed by atoms with E-state index in [2.05, 4.69) is 4.74 Å². The van der Waals surface area contributed by atoms with E-state index >= 15 is 0 Å². The summed E-state index contributed by atoms with van der Waals surface area (Å²) in [5.41, 5.74) is 0. The maximum absolute atomic E-state index is 10.3. The molecule has 0 aromatic carbocycles. The predicted octanol–water partition coefficient (Wildman–Crippen LogP) is 1.80. The number of carbonyl (C=O) groups excluding carboxylic acids is 2. The second kappa shape index (κ2) is 8.24. The van der Waals surface area contributed by atoms with Crippen molar-refractivity contribution in [3.8, 4) is 0 Å². The van der Waals surface area contributed by atoms with Crippen LogP contribution in [-0.2, 0) is 14.3 Å². The van der Waals surface area contributed by atoms with E-state index in [9.17, 15) is 9.59 Å². The third-order valence-corrected chi connectivity index (χ3v) is 0.983. The van der Waals surface area contributed by atoms with Crippen LogP contribution in [0.15, 0.2) is 0 Å². The summed E-state index contributed by atoms with van der Waals surface area (Å²) >= 11 is 0. The minimum absolute atomic E-state index is 0.245. The van der Waals surface area contributed by atoms with Crippen LogP contribution in [0.4, 0.5) is 0 Å². The van der Waals surface area contributed by atoms with Crippen molar-refractivity contribution in [1.29, 1.82) is 0 Å².